The van der Waals surface area contributed by atoms with Crippen molar-refractivity contribution in [1.29, 1.82) is 0 Å². The zero-order chi connectivity index (χ0) is 7.56. The van der Waals surface area contributed by atoms with Crippen LogP contribution >= 0.6 is 11.6 Å². The topological polar surface area (TPSA) is 20.2 Å². The summed E-state index contributed by atoms with van der Waals surface area (Å²) in [7, 11) is 0. The van der Waals surface area contributed by atoms with E-state index >= 15 is 0 Å². The molecule has 0 bridgehead atoms. The van der Waals surface area contributed by atoms with Crippen molar-refractivity contribution in [3.05, 3.63) is 29.3 Å². The van der Waals surface area contributed by atoms with Crippen molar-refractivity contribution in [2.24, 2.45) is 0 Å². The summed E-state index contributed by atoms with van der Waals surface area (Å²) < 4.78 is 0. The molecule has 0 aliphatic heterocycles. The van der Waals surface area contributed by atoms with Gasteiger partial charge < -0.3 is 5.02 Å². The van der Waals surface area contributed by atoms with E-state index in [9.17, 15) is 0 Å². The highest BCUT2D eigenvalue weighted by Crippen LogP contribution is 2.03. The van der Waals surface area contributed by atoms with Gasteiger partial charge in [0, 0.05) is 5.02 Å². The summed E-state index contributed by atoms with van der Waals surface area (Å²) in [5.41, 5.74) is 0.893. The van der Waals surface area contributed by atoms with Gasteiger partial charge in [0.1, 0.15) is 0 Å². The molecule has 0 aliphatic rings. The Morgan fingerprint density at radius 3 is 2.20 bits per heavy atom. The van der Waals surface area contributed by atoms with Crippen LogP contribution in [0.5, 0.6) is 0 Å². The first kappa shape index (κ1) is 7.64. The van der Waals surface area contributed by atoms with Crippen LogP contribution < -0.4 is 5.46 Å². The smallest absolute Gasteiger partial charge is 0.320 e. The predicted molar refractivity (Wildman–Crippen MR) is 44.9 cm³/mol. The monoisotopic (exact) mass is 154 g/mol. The molecule has 0 fully saturated rings. The summed E-state index contributed by atoms with van der Waals surface area (Å²) >= 11 is 5.63. The van der Waals surface area contributed by atoms with E-state index in [1.807, 2.05) is 12.1 Å². The van der Waals surface area contributed by atoms with E-state index in [1.54, 1.807) is 19.0 Å². The van der Waals surface area contributed by atoms with Gasteiger partial charge in [-0.15, -0.1) is 0 Å². The molecule has 0 aliphatic carbocycles. The third kappa shape index (κ3) is 1.76. The van der Waals surface area contributed by atoms with Crippen molar-refractivity contribution in [1.82, 2.24) is 0 Å². The van der Waals surface area contributed by atoms with Crippen LogP contribution in [0.3, 0.4) is 0 Å². The molecule has 0 heterocycles. The fourth-order valence-electron chi connectivity index (χ4n) is 0.741. The van der Waals surface area contributed by atoms with Crippen LogP contribution in [0.2, 0.25) is 11.8 Å². The molecule has 0 radical (unpaired) electrons. The minimum Gasteiger partial charge on any atom is -0.447 e. The van der Waals surface area contributed by atoms with E-state index in [1.165, 1.54) is 0 Å². The van der Waals surface area contributed by atoms with Gasteiger partial charge in [-0.25, -0.2) is 0 Å². The second-order valence-corrected chi connectivity index (χ2v) is 2.66. The summed E-state index contributed by atoms with van der Waals surface area (Å²) in [6.07, 6.45) is 0. The Hall–Kier alpha value is -0.465. The molecule has 1 aromatic carbocycles. The number of rotatable bonds is 1. The first-order chi connectivity index (χ1) is 4.70. The van der Waals surface area contributed by atoms with Crippen molar-refractivity contribution in [3.8, 4) is 0 Å². The van der Waals surface area contributed by atoms with Gasteiger partial charge in [0.05, 0.1) is 0 Å². The Balaban J connectivity index is 2.89. The average Bonchev–Trinajstić information content (AvgIpc) is 1.88. The van der Waals surface area contributed by atoms with Gasteiger partial charge in [-0.1, -0.05) is 30.6 Å². The first-order valence-electron chi connectivity index (χ1n) is 3.13. The zero-order valence-corrected chi connectivity index (χ0v) is 6.47. The lowest BCUT2D eigenvalue weighted by molar-refractivity contribution is 0.594. The minimum absolute atomic E-state index is 0.405. The molecule has 0 aromatic heterocycles. The SMILES string of the molecule is CB(O)c1ccc(Cl)cc1. The van der Waals surface area contributed by atoms with Gasteiger partial charge in [-0.05, 0) is 17.6 Å². The summed E-state index contributed by atoms with van der Waals surface area (Å²) in [5.74, 6) is 0. The van der Waals surface area contributed by atoms with Crippen LogP contribution in [0, 0.1) is 0 Å². The summed E-state index contributed by atoms with van der Waals surface area (Å²) in [6.45, 7) is 1.32. The highest BCUT2D eigenvalue weighted by Gasteiger charge is 2.03. The van der Waals surface area contributed by atoms with E-state index in [0.717, 1.165) is 5.46 Å². The van der Waals surface area contributed by atoms with Crippen LogP contribution in [0.25, 0.3) is 0 Å². The minimum atomic E-state index is -0.405. The molecule has 0 saturated heterocycles. The van der Waals surface area contributed by atoms with Gasteiger partial charge in [0.25, 0.3) is 0 Å². The van der Waals surface area contributed by atoms with Crippen LogP contribution in [-0.4, -0.2) is 11.9 Å². The van der Waals surface area contributed by atoms with Gasteiger partial charge in [-0.2, -0.15) is 0 Å². The normalized spacial score (nSPS) is 9.50. The van der Waals surface area contributed by atoms with Crippen molar-refractivity contribution in [2.75, 3.05) is 0 Å². The maximum absolute atomic E-state index is 9.07. The van der Waals surface area contributed by atoms with Gasteiger partial charge in [-0.3, -0.25) is 0 Å². The lowest BCUT2D eigenvalue weighted by atomic mass is 9.64. The van der Waals surface area contributed by atoms with Crippen LogP contribution in [0.15, 0.2) is 24.3 Å². The third-order valence-corrected chi connectivity index (χ3v) is 1.60. The largest absolute Gasteiger partial charge is 0.447 e. The second kappa shape index (κ2) is 3.08. The van der Waals surface area contributed by atoms with Crippen molar-refractivity contribution >= 4 is 24.0 Å². The third-order valence-electron chi connectivity index (χ3n) is 1.35. The Morgan fingerprint density at radius 1 is 1.30 bits per heavy atom. The molecule has 0 spiro atoms. The summed E-state index contributed by atoms with van der Waals surface area (Å²) in [5, 5.41) is 9.77. The molecule has 1 N–H and O–H groups in total. The number of benzene rings is 1. The van der Waals surface area contributed by atoms with E-state index in [-0.39, 0.29) is 0 Å². The molecule has 0 amide bonds. The maximum Gasteiger partial charge on any atom is 0.320 e. The molecule has 0 saturated carbocycles. The highest BCUT2D eigenvalue weighted by atomic mass is 35.5. The Morgan fingerprint density at radius 2 is 1.80 bits per heavy atom. The predicted octanol–water partition coefficient (Wildman–Crippen LogP) is 1.16. The van der Waals surface area contributed by atoms with Gasteiger partial charge in [0.2, 0.25) is 0 Å². The number of hydrogen-bond acceptors (Lipinski definition) is 1. The van der Waals surface area contributed by atoms with Crippen LogP contribution in [-0.2, 0) is 0 Å². The van der Waals surface area contributed by atoms with Crippen LogP contribution in [0.1, 0.15) is 0 Å². The molecule has 10 heavy (non-hydrogen) atoms. The lowest BCUT2D eigenvalue weighted by Gasteiger charge is -1.98. The van der Waals surface area contributed by atoms with Crippen LogP contribution in [0.4, 0.5) is 0 Å². The van der Waals surface area contributed by atoms with E-state index in [2.05, 4.69) is 0 Å². The molecule has 1 nitrogen and oxygen atoms in total. The molecular weight excluding hydrogens is 146 g/mol. The quantitative estimate of drug-likeness (QED) is 0.602. The number of hydrogen-bond donors (Lipinski definition) is 1. The standard InChI is InChI=1S/C7H8BClO/c1-8(10)6-2-4-7(9)5-3-6/h2-5,10H,1H3. The Bertz CT molecular complexity index is 207. The Kier molecular flexibility index (Phi) is 2.36. The fourth-order valence-corrected chi connectivity index (χ4v) is 0.867. The van der Waals surface area contributed by atoms with Crippen molar-refractivity contribution in [2.45, 2.75) is 6.82 Å². The fraction of sp³-hybridized carbons (Fsp3) is 0.143. The van der Waals surface area contributed by atoms with Gasteiger partial charge in [0.15, 0.2) is 0 Å². The zero-order valence-electron chi connectivity index (χ0n) is 5.71. The first-order valence-corrected chi connectivity index (χ1v) is 3.51. The molecule has 1 aromatic rings. The average molecular weight is 154 g/mol. The summed E-state index contributed by atoms with van der Waals surface area (Å²) in [4.78, 5) is 0. The summed E-state index contributed by atoms with van der Waals surface area (Å²) in [6, 6.07) is 7.16. The molecule has 1 rings (SSSR count). The molecule has 0 atom stereocenters. The molecule has 0 unspecified atom stereocenters. The Labute approximate surface area is 65.8 Å². The second-order valence-electron chi connectivity index (χ2n) is 2.23. The molecule has 3 heteroatoms. The highest BCUT2D eigenvalue weighted by molar-refractivity contribution is 6.64. The molecular formula is C7H8BClO. The van der Waals surface area contributed by atoms with Crippen molar-refractivity contribution in [3.63, 3.8) is 0 Å². The lowest BCUT2D eigenvalue weighted by Crippen LogP contribution is -2.25. The van der Waals surface area contributed by atoms with E-state index in [0.29, 0.717) is 5.02 Å². The van der Waals surface area contributed by atoms with E-state index < -0.39 is 6.92 Å². The number of halogens is 1. The van der Waals surface area contributed by atoms with Crippen molar-refractivity contribution < 1.29 is 5.02 Å². The molecule has 52 valence electrons. The maximum atomic E-state index is 9.07. The van der Waals surface area contributed by atoms with E-state index in [4.69, 9.17) is 16.6 Å². The van der Waals surface area contributed by atoms with Gasteiger partial charge >= 0.3 is 6.92 Å².